The van der Waals surface area contributed by atoms with Crippen molar-refractivity contribution in [2.75, 3.05) is 11.4 Å². The van der Waals surface area contributed by atoms with E-state index in [0.29, 0.717) is 6.54 Å². The van der Waals surface area contributed by atoms with E-state index in [2.05, 4.69) is 6.92 Å². The molecule has 2 aromatic rings. The minimum Gasteiger partial charge on any atom is -0.391 e. The Kier molecular flexibility index (Phi) is 3.22. The number of β-amino-alcohol motifs (C(OH)–C–C–N with tert-alkyl or cyclic N) is 1. The van der Waals surface area contributed by atoms with E-state index in [1.165, 1.54) is 0 Å². The zero-order chi connectivity index (χ0) is 14.3. The first-order chi connectivity index (χ1) is 9.63. The van der Waals surface area contributed by atoms with Crippen molar-refractivity contribution in [2.45, 2.75) is 26.4 Å². The highest BCUT2D eigenvalue weighted by Crippen LogP contribution is 2.37. The Morgan fingerprint density at radius 1 is 1.20 bits per heavy atom. The lowest BCUT2D eigenvalue weighted by molar-refractivity contribution is 0.0921. The first-order valence-electron chi connectivity index (χ1n) is 7.15. The van der Waals surface area contributed by atoms with Crippen molar-refractivity contribution < 1.29 is 9.90 Å². The van der Waals surface area contributed by atoms with Gasteiger partial charge in [0.05, 0.1) is 18.3 Å². The molecule has 0 aliphatic carbocycles. The minimum absolute atomic E-state index is 0.000784. The summed E-state index contributed by atoms with van der Waals surface area (Å²) in [6.45, 7) is 4.43. The highest BCUT2D eigenvalue weighted by Gasteiger charge is 2.31. The minimum atomic E-state index is -0.492. The van der Waals surface area contributed by atoms with Crippen LogP contribution in [0.5, 0.6) is 0 Å². The van der Waals surface area contributed by atoms with Gasteiger partial charge >= 0.3 is 0 Å². The Morgan fingerprint density at radius 3 is 2.60 bits per heavy atom. The highest BCUT2D eigenvalue weighted by atomic mass is 16.3. The molecule has 0 fully saturated rings. The zero-order valence-electron chi connectivity index (χ0n) is 11.8. The predicted molar refractivity (Wildman–Crippen MR) is 81.1 cm³/mol. The molecule has 1 heterocycles. The van der Waals surface area contributed by atoms with Crippen LogP contribution in [0.4, 0.5) is 5.69 Å². The smallest absolute Gasteiger partial charge is 0.259 e. The molecule has 1 amide bonds. The number of aliphatic hydroxyl groups excluding tert-OH is 1. The topological polar surface area (TPSA) is 40.5 Å². The maximum absolute atomic E-state index is 12.5. The first kappa shape index (κ1) is 13.1. The maximum atomic E-state index is 12.5. The van der Waals surface area contributed by atoms with Crippen LogP contribution >= 0.6 is 0 Å². The Labute approximate surface area is 118 Å². The average molecular weight is 269 g/mol. The number of benzene rings is 2. The van der Waals surface area contributed by atoms with Gasteiger partial charge in [-0.1, -0.05) is 44.5 Å². The Balaban J connectivity index is 2.01. The fourth-order valence-electron chi connectivity index (χ4n) is 2.80. The van der Waals surface area contributed by atoms with Gasteiger partial charge in [-0.3, -0.25) is 4.79 Å². The Bertz CT molecular complexity index is 660. The second-order valence-corrected chi connectivity index (χ2v) is 5.55. The second kappa shape index (κ2) is 4.91. The molecular weight excluding hydrogens is 250 g/mol. The number of rotatable bonds is 4. The first-order valence-corrected chi connectivity index (χ1v) is 7.15. The number of nitrogens with zero attached hydrogens (tertiary/aromatic N) is 1. The average Bonchev–Trinajstić information content (AvgIpc) is 2.74. The molecular formula is C17H19NO2. The summed E-state index contributed by atoms with van der Waals surface area (Å²) in [6.07, 6.45) is 0.411. The van der Waals surface area contributed by atoms with Gasteiger partial charge in [0.15, 0.2) is 0 Å². The molecule has 20 heavy (non-hydrogen) atoms. The van der Waals surface area contributed by atoms with Crippen LogP contribution in [-0.4, -0.2) is 23.7 Å². The van der Waals surface area contributed by atoms with Crippen molar-refractivity contribution in [3.05, 3.63) is 42.0 Å². The maximum Gasteiger partial charge on any atom is 0.259 e. The molecule has 0 spiro atoms. The van der Waals surface area contributed by atoms with Gasteiger partial charge in [-0.25, -0.2) is 0 Å². The summed E-state index contributed by atoms with van der Waals surface area (Å²) in [7, 11) is 0. The summed E-state index contributed by atoms with van der Waals surface area (Å²) >= 11 is 0. The van der Waals surface area contributed by atoms with E-state index in [4.69, 9.17) is 0 Å². The van der Waals surface area contributed by atoms with Crippen LogP contribution in [0.25, 0.3) is 10.8 Å². The van der Waals surface area contributed by atoms with Crippen LogP contribution in [0.2, 0.25) is 0 Å². The van der Waals surface area contributed by atoms with Gasteiger partial charge in [-0.05, 0) is 23.4 Å². The SMILES string of the molecule is CCC(C)C(O)CN1C(=O)c2cccc3cccc1c23. The van der Waals surface area contributed by atoms with Gasteiger partial charge in [-0.15, -0.1) is 0 Å². The third-order valence-corrected chi connectivity index (χ3v) is 4.32. The van der Waals surface area contributed by atoms with E-state index in [0.717, 1.165) is 28.4 Å². The van der Waals surface area contributed by atoms with Gasteiger partial charge in [0.2, 0.25) is 0 Å². The molecule has 2 aromatic carbocycles. The third-order valence-electron chi connectivity index (χ3n) is 4.32. The molecule has 3 rings (SSSR count). The molecule has 1 N–H and O–H groups in total. The molecule has 0 bridgehead atoms. The molecule has 3 heteroatoms. The molecule has 0 aromatic heterocycles. The number of aliphatic hydroxyl groups is 1. The molecule has 1 aliphatic heterocycles. The number of carbonyl (C=O) groups is 1. The fourth-order valence-corrected chi connectivity index (χ4v) is 2.80. The molecule has 1 aliphatic rings. The zero-order valence-corrected chi connectivity index (χ0v) is 11.8. The van der Waals surface area contributed by atoms with Crippen LogP contribution in [0.15, 0.2) is 36.4 Å². The van der Waals surface area contributed by atoms with Gasteiger partial charge < -0.3 is 10.0 Å². The van der Waals surface area contributed by atoms with E-state index >= 15 is 0 Å². The summed E-state index contributed by atoms with van der Waals surface area (Å²) in [4.78, 5) is 14.3. The van der Waals surface area contributed by atoms with Crippen molar-refractivity contribution in [1.82, 2.24) is 0 Å². The van der Waals surface area contributed by atoms with Gasteiger partial charge in [-0.2, -0.15) is 0 Å². The standard InChI is InChI=1S/C17H19NO2/c1-3-11(2)15(19)10-18-14-9-5-7-12-6-4-8-13(16(12)14)17(18)20/h4-9,11,15,19H,3,10H2,1-2H3. The number of carbonyl (C=O) groups excluding carboxylic acids is 1. The molecule has 104 valence electrons. The summed E-state index contributed by atoms with van der Waals surface area (Å²) < 4.78 is 0. The van der Waals surface area contributed by atoms with Crippen LogP contribution < -0.4 is 4.90 Å². The fraction of sp³-hybridized carbons (Fsp3) is 0.353. The van der Waals surface area contributed by atoms with Crippen LogP contribution in [0, 0.1) is 5.92 Å². The lowest BCUT2D eigenvalue weighted by Crippen LogP contribution is -2.37. The Hall–Kier alpha value is -1.87. The van der Waals surface area contributed by atoms with Crippen molar-refractivity contribution in [3.63, 3.8) is 0 Å². The molecule has 3 nitrogen and oxygen atoms in total. The predicted octanol–water partition coefficient (Wildman–Crippen LogP) is 3.21. The lowest BCUT2D eigenvalue weighted by atomic mass is 10.0. The third kappa shape index (κ3) is 1.90. The number of hydrogen-bond acceptors (Lipinski definition) is 2. The van der Waals surface area contributed by atoms with E-state index in [9.17, 15) is 9.90 Å². The van der Waals surface area contributed by atoms with Gasteiger partial charge in [0.25, 0.3) is 5.91 Å². The quantitative estimate of drug-likeness (QED) is 0.926. The number of hydrogen-bond donors (Lipinski definition) is 1. The number of anilines is 1. The van der Waals surface area contributed by atoms with E-state index in [1.807, 2.05) is 43.3 Å². The summed E-state index contributed by atoms with van der Waals surface area (Å²) in [5.74, 6) is 0.185. The van der Waals surface area contributed by atoms with Crippen molar-refractivity contribution in [3.8, 4) is 0 Å². The number of amides is 1. The van der Waals surface area contributed by atoms with E-state index < -0.39 is 6.10 Å². The molecule has 0 saturated heterocycles. The summed E-state index contributed by atoms with van der Waals surface area (Å²) in [5, 5.41) is 12.3. The van der Waals surface area contributed by atoms with Crippen LogP contribution in [-0.2, 0) is 0 Å². The van der Waals surface area contributed by atoms with Crippen molar-refractivity contribution in [1.29, 1.82) is 0 Å². The Morgan fingerprint density at radius 2 is 1.90 bits per heavy atom. The molecule has 0 saturated carbocycles. The highest BCUT2D eigenvalue weighted by molar-refractivity contribution is 6.25. The monoisotopic (exact) mass is 269 g/mol. The van der Waals surface area contributed by atoms with Crippen LogP contribution in [0.1, 0.15) is 30.6 Å². The lowest BCUT2D eigenvalue weighted by Gasteiger charge is -2.24. The van der Waals surface area contributed by atoms with Crippen LogP contribution in [0.3, 0.4) is 0 Å². The molecule has 2 atom stereocenters. The van der Waals surface area contributed by atoms with Crippen molar-refractivity contribution in [2.24, 2.45) is 5.92 Å². The van der Waals surface area contributed by atoms with Gasteiger partial charge in [0, 0.05) is 10.9 Å². The largest absolute Gasteiger partial charge is 0.391 e. The van der Waals surface area contributed by atoms with E-state index in [-0.39, 0.29) is 11.8 Å². The summed E-state index contributed by atoms with van der Waals surface area (Å²) in [5.41, 5.74) is 1.67. The van der Waals surface area contributed by atoms with Gasteiger partial charge in [0.1, 0.15) is 0 Å². The summed E-state index contributed by atoms with van der Waals surface area (Å²) in [6, 6.07) is 11.7. The normalized spacial score (nSPS) is 16.8. The van der Waals surface area contributed by atoms with Crippen molar-refractivity contribution >= 4 is 22.4 Å². The van der Waals surface area contributed by atoms with E-state index in [1.54, 1.807) is 4.90 Å². The molecule has 0 radical (unpaired) electrons. The molecule has 2 unspecified atom stereocenters. The second-order valence-electron chi connectivity index (χ2n) is 5.55.